The number of halogens is 2. The van der Waals surface area contributed by atoms with Crippen LogP contribution >= 0.6 is 27.5 Å². The molecule has 0 saturated heterocycles. The Bertz CT molecular complexity index is 350. The van der Waals surface area contributed by atoms with E-state index in [2.05, 4.69) is 15.9 Å². The molecule has 0 aliphatic rings. The lowest BCUT2D eigenvalue weighted by Gasteiger charge is -2.06. The van der Waals surface area contributed by atoms with Crippen LogP contribution in [0.3, 0.4) is 0 Å². The second-order valence-corrected chi connectivity index (χ2v) is 3.69. The summed E-state index contributed by atoms with van der Waals surface area (Å²) in [6.45, 7) is 1.88. The van der Waals surface area contributed by atoms with Crippen molar-refractivity contribution in [2.75, 3.05) is 0 Å². The van der Waals surface area contributed by atoms with E-state index in [0.29, 0.717) is 15.9 Å². The van der Waals surface area contributed by atoms with Crippen LogP contribution in [0.4, 0.5) is 0 Å². The third-order valence-corrected chi connectivity index (χ3v) is 2.58. The van der Waals surface area contributed by atoms with E-state index < -0.39 is 5.97 Å². The molecule has 0 saturated carbocycles. The molecule has 0 bridgehead atoms. The second-order valence-electron chi connectivity index (χ2n) is 2.72. The summed E-state index contributed by atoms with van der Waals surface area (Å²) in [5.74, 6) is -0.987. The molecule has 0 aliphatic carbocycles. The van der Waals surface area contributed by atoms with Gasteiger partial charge in [0, 0.05) is 5.33 Å². The molecule has 1 aromatic carbocycles. The summed E-state index contributed by atoms with van der Waals surface area (Å²) in [5.41, 5.74) is 1.85. The van der Waals surface area contributed by atoms with Crippen LogP contribution in [0.15, 0.2) is 12.1 Å². The van der Waals surface area contributed by atoms with Gasteiger partial charge in [-0.2, -0.15) is 0 Å². The minimum Gasteiger partial charge on any atom is -0.478 e. The zero-order valence-electron chi connectivity index (χ0n) is 6.97. The molecule has 0 aromatic heterocycles. The maximum absolute atomic E-state index is 10.8. The minimum atomic E-state index is -0.987. The number of rotatable bonds is 2. The predicted octanol–water partition coefficient (Wildman–Crippen LogP) is 3.24. The Morgan fingerprint density at radius 2 is 2.23 bits per heavy atom. The van der Waals surface area contributed by atoms with Crippen LogP contribution in [0.1, 0.15) is 21.5 Å². The molecule has 0 fully saturated rings. The highest BCUT2D eigenvalue weighted by Gasteiger charge is 2.13. The zero-order chi connectivity index (χ0) is 10.0. The number of alkyl halides is 1. The van der Waals surface area contributed by atoms with Crippen LogP contribution < -0.4 is 0 Å². The number of benzene rings is 1. The zero-order valence-corrected chi connectivity index (χ0v) is 9.32. The molecule has 0 radical (unpaired) electrons. The van der Waals surface area contributed by atoms with Gasteiger partial charge in [-0.3, -0.25) is 0 Å². The Morgan fingerprint density at radius 1 is 1.62 bits per heavy atom. The summed E-state index contributed by atoms with van der Waals surface area (Å²) >= 11 is 9.03. The summed E-state index contributed by atoms with van der Waals surface area (Å²) in [7, 11) is 0. The quantitative estimate of drug-likeness (QED) is 0.832. The third kappa shape index (κ3) is 2.23. The molecule has 0 aliphatic heterocycles. The van der Waals surface area contributed by atoms with Crippen molar-refractivity contribution in [1.82, 2.24) is 0 Å². The van der Waals surface area contributed by atoms with Gasteiger partial charge < -0.3 is 5.11 Å². The van der Waals surface area contributed by atoms with E-state index >= 15 is 0 Å². The van der Waals surface area contributed by atoms with E-state index in [4.69, 9.17) is 16.7 Å². The first-order chi connectivity index (χ1) is 6.06. The molecule has 0 unspecified atom stereocenters. The third-order valence-electron chi connectivity index (χ3n) is 1.67. The molecule has 0 spiro atoms. The number of hydrogen-bond donors (Lipinski definition) is 1. The number of hydrogen-bond acceptors (Lipinski definition) is 1. The van der Waals surface area contributed by atoms with Crippen molar-refractivity contribution in [2.24, 2.45) is 0 Å². The van der Waals surface area contributed by atoms with Crippen molar-refractivity contribution in [2.45, 2.75) is 12.3 Å². The largest absolute Gasteiger partial charge is 0.478 e. The van der Waals surface area contributed by atoms with Gasteiger partial charge in [-0.1, -0.05) is 33.6 Å². The van der Waals surface area contributed by atoms with Crippen molar-refractivity contribution in [3.8, 4) is 0 Å². The summed E-state index contributed by atoms with van der Waals surface area (Å²) in [6, 6.07) is 3.46. The Labute approximate surface area is 89.7 Å². The van der Waals surface area contributed by atoms with Gasteiger partial charge in [-0.05, 0) is 24.1 Å². The molecule has 1 aromatic rings. The van der Waals surface area contributed by atoms with E-state index in [-0.39, 0.29) is 5.56 Å². The van der Waals surface area contributed by atoms with Crippen molar-refractivity contribution in [1.29, 1.82) is 0 Å². The maximum atomic E-state index is 10.8. The summed E-state index contributed by atoms with van der Waals surface area (Å²) in [6.07, 6.45) is 0. The Morgan fingerprint density at radius 3 is 2.69 bits per heavy atom. The van der Waals surface area contributed by atoms with Gasteiger partial charge in [-0.15, -0.1) is 0 Å². The van der Waals surface area contributed by atoms with Crippen molar-refractivity contribution < 1.29 is 9.90 Å². The van der Waals surface area contributed by atoms with Gasteiger partial charge in [0.1, 0.15) is 0 Å². The molecule has 4 heteroatoms. The monoisotopic (exact) mass is 262 g/mol. The molecular formula is C9H8BrClO2. The average molecular weight is 264 g/mol. The predicted molar refractivity (Wildman–Crippen MR) is 55.8 cm³/mol. The number of carboxylic acid groups (broad SMARTS) is 1. The molecule has 13 heavy (non-hydrogen) atoms. The molecule has 0 heterocycles. The molecule has 1 N–H and O–H groups in total. The first-order valence-electron chi connectivity index (χ1n) is 3.64. The Balaban J connectivity index is 3.38. The molecule has 2 nitrogen and oxygen atoms in total. The normalized spacial score (nSPS) is 10.1. The van der Waals surface area contributed by atoms with Crippen LogP contribution in [0.25, 0.3) is 0 Å². The Kier molecular flexibility index (Phi) is 3.33. The number of aromatic carboxylic acids is 1. The van der Waals surface area contributed by atoms with E-state index in [1.165, 1.54) is 0 Å². The van der Waals surface area contributed by atoms with Gasteiger partial charge in [-0.25, -0.2) is 4.79 Å². The van der Waals surface area contributed by atoms with Crippen LogP contribution in [0, 0.1) is 6.92 Å². The lowest BCUT2D eigenvalue weighted by atomic mass is 10.1. The fourth-order valence-electron chi connectivity index (χ4n) is 1.16. The summed E-state index contributed by atoms with van der Waals surface area (Å²) < 4.78 is 0. The molecule has 70 valence electrons. The average Bonchev–Trinajstić information content (AvgIpc) is 2.01. The lowest BCUT2D eigenvalue weighted by Crippen LogP contribution is -2.02. The first kappa shape index (κ1) is 10.5. The lowest BCUT2D eigenvalue weighted by molar-refractivity contribution is 0.0696. The molecule has 1 rings (SSSR count). The van der Waals surface area contributed by atoms with Gasteiger partial charge >= 0.3 is 5.97 Å². The highest BCUT2D eigenvalue weighted by atomic mass is 79.9. The second kappa shape index (κ2) is 4.11. The van der Waals surface area contributed by atoms with E-state index in [1.54, 1.807) is 6.07 Å². The fourth-order valence-corrected chi connectivity index (χ4v) is 1.98. The van der Waals surface area contributed by atoms with Crippen molar-refractivity contribution >= 4 is 33.5 Å². The number of aryl methyl sites for hydroxylation is 1. The van der Waals surface area contributed by atoms with Crippen LogP contribution in [-0.4, -0.2) is 11.1 Å². The van der Waals surface area contributed by atoms with E-state index in [1.807, 2.05) is 13.0 Å². The summed E-state index contributed by atoms with van der Waals surface area (Å²) in [5, 5.41) is 9.65. The SMILES string of the molecule is Cc1cc(Cl)c(C(=O)O)c(CBr)c1. The van der Waals surface area contributed by atoms with Gasteiger partial charge in [0.15, 0.2) is 0 Å². The highest BCUT2D eigenvalue weighted by Crippen LogP contribution is 2.24. The minimum absolute atomic E-state index is 0.184. The molecule has 0 atom stereocenters. The number of carboxylic acids is 1. The Hall–Kier alpha value is -0.540. The fraction of sp³-hybridized carbons (Fsp3) is 0.222. The molecule has 0 amide bonds. The smallest absolute Gasteiger partial charge is 0.337 e. The van der Waals surface area contributed by atoms with Gasteiger partial charge in [0.2, 0.25) is 0 Å². The van der Waals surface area contributed by atoms with E-state index in [0.717, 1.165) is 5.56 Å². The standard InChI is InChI=1S/C9H8BrClO2/c1-5-2-6(4-10)8(9(12)13)7(11)3-5/h2-3H,4H2,1H3,(H,12,13). The topological polar surface area (TPSA) is 37.3 Å². The van der Waals surface area contributed by atoms with Gasteiger partial charge in [0.05, 0.1) is 10.6 Å². The number of carbonyl (C=O) groups is 1. The van der Waals surface area contributed by atoms with Gasteiger partial charge in [0.25, 0.3) is 0 Å². The van der Waals surface area contributed by atoms with E-state index in [9.17, 15) is 4.79 Å². The first-order valence-corrected chi connectivity index (χ1v) is 5.14. The van der Waals surface area contributed by atoms with Crippen LogP contribution in [-0.2, 0) is 5.33 Å². The van der Waals surface area contributed by atoms with Crippen LogP contribution in [0.2, 0.25) is 5.02 Å². The maximum Gasteiger partial charge on any atom is 0.337 e. The van der Waals surface area contributed by atoms with Crippen LogP contribution in [0.5, 0.6) is 0 Å². The van der Waals surface area contributed by atoms with Crippen molar-refractivity contribution in [3.63, 3.8) is 0 Å². The highest BCUT2D eigenvalue weighted by molar-refractivity contribution is 9.08. The molecular weight excluding hydrogens is 255 g/mol. The van der Waals surface area contributed by atoms with Crippen molar-refractivity contribution in [3.05, 3.63) is 33.8 Å². The summed E-state index contributed by atoms with van der Waals surface area (Å²) in [4.78, 5) is 10.8.